The van der Waals surface area contributed by atoms with Crippen molar-refractivity contribution in [3.8, 4) is 0 Å². The Bertz CT molecular complexity index is 470. The monoisotopic (exact) mass is 317 g/mol. The number of sulfone groups is 1. The fraction of sp³-hybridized carbons (Fsp3) is 0.929. The maximum atomic E-state index is 11.5. The maximum absolute atomic E-state index is 11.5. The van der Waals surface area contributed by atoms with Crippen LogP contribution in [0, 0.1) is 5.92 Å². The number of nitrogens with zero attached hydrogens (tertiary/aromatic N) is 1. The van der Waals surface area contributed by atoms with Gasteiger partial charge in [0.2, 0.25) is 0 Å². The maximum Gasteiger partial charge on any atom is 0.191 e. The van der Waals surface area contributed by atoms with Crippen molar-refractivity contribution in [3.05, 3.63) is 0 Å². The fourth-order valence-corrected chi connectivity index (χ4v) is 4.69. The first kappa shape index (κ1) is 16.5. The molecule has 2 aliphatic heterocycles. The number of rotatable bonds is 5. The zero-order chi connectivity index (χ0) is 15.3. The molecule has 2 rings (SSSR count). The van der Waals surface area contributed by atoms with E-state index in [4.69, 9.17) is 4.74 Å². The molecule has 122 valence electrons. The Morgan fingerprint density at radius 1 is 1.43 bits per heavy atom. The number of nitrogens with one attached hydrogen (secondary N) is 2. The van der Waals surface area contributed by atoms with E-state index in [1.165, 1.54) is 0 Å². The van der Waals surface area contributed by atoms with Gasteiger partial charge in [-0.2, -0.15) is 0 Å². The van der Waals surface area contributed by atoms with Crippen LogP contribution in [0.15, 0.2) is 4.99 Å². The van der Waals surface area contributed by atoms with Crippen LogP contribution in [-0.2, 0) is 14.6 Å². The molecule has 0 aromatic carbocycles. The van der Waals surface area contributed by atoms with Gasteiger partial charge in [0.05, 0.1) is 23.7 Å². The van der Waals surface area contributed by atoms with Gasteiger partial charge in [-0.1, -0.05) is 0 Å². The molecule has 21 heavy (non-hydrogen) atoms. The van der Waals surface area contributed by atoms with Gasteiger partial charge in [-0.3, -0.25) is 4.99 Å². The summed E-state index contributed by atoms with van der Waals surface area (Å²) < 4.78 is 28.7. The van der Waals surface area contributed by atoms with E-state index >= 15 is 0 Å². The average molecular weight is 317 g/mol. The van der Waals surface area contributed by atoms with Crippen molar-refractivity contribution in [2.75, 3.05) is 37.7 Å². The van der Waals surface area contributed by atoms with E-state index in [0.29, 0.717) is 24.6 Å². The van der Waals surface area contributed by atoms with Crippen molar-refractivity contribution >= 4 is 15.8 Å². The van der Waals surface area contributed by atoms with E-state index in [1.807, 2.05) is 6.92 Å². The van der Waals surface area contributed by atoms with Crippen LogP contribution in [-0.4, -0.2) is 57.7 Å². The first-order valence-corrected chi connectivity index (χ1v) is 9.61. The number of hydrogen-bond acceptors (Lipinski definition) is 4. The summed E-state index contributed by atoms with van der Waals surface area (Å²) in [5, 5.41) is 6.46. The second-order valence-corrected chi connectivity index (χ2v) is 8.48. The van der Waals surface area contributed by atoms with Crippen molar-refractivity contribution in [2.45, 2.75) is 38.7 Å². The van der Waals surface area contributed by atoms with E-state index in [-0.39, 0.29) is 11.5 Å². The lowest BCUT2D eigenvalue weighted by Gasteiger charge is -2.22. The van der Waals surface area contributed by atoms with E-state index in [9.17, 15) is 8.42 Å². The molecule has 2 heterocycles. The fourth-order valence-electron chi connectivity index (χ4n) is 2.82. The zero-order valence-corrected chi connectivity index (χ0v) is 13.8. The van der Waals surface area contributed by atoms with Crippen LogP contribution in [0.2, 0.25) is 0 Å². The molecule has 2 saturated heterocycles. The Hall–Kier alpha value is -0.820. The highest BCUT2D eigenvalue weighted by Crippen LogP contribution is 2.25. The van der Waals surface area contributed by atoms with Crippen LogP contribution in [0.25, 0.3) is 0 Å². The molecule has 0 amide bonds. The molecule has 2 N–H and O–H groups in total. The Kier molecular flexibility index (Phi) is 5.48. The number of guanidine groups is 1. The lowest BCUT2D eigenvalue weighted by molar-refractivity contribution is 0.0283. The highest BCUT2D eigenvalue weighted by molar-refractivity contribution is 7.91. The Morgan fingerprint density at radius 3 is 2.81 bits per heavy atom. The molecular formula is C14H27N3O3S. The van der Waals surface area contributed by atoms with Crippen molar-refractivity contribution in [2.24, 2.45) is 10.9 Å². The predicted molar refractivity (Wildman–Crippen MR) is 84.3 cm³/mol. The molecule has 7 heteroatoms. The highest BCUT2D eigenvalue weighted by Gasteiger charge is 2.30. The lowest BCUT2D eigenvalue weighted by Crippen LogP contribution is -2.41. The van der Waals surface area contributed by atoms with Gasteiger partial charge in [0.25, 0.3) is 0 Å². The topological polar surface area (TPSA) is 79.8 Å². The third kappa shape index (κ3) is 5.14. The van der Waals surface area contributed by atoms with Crippen LogP contribution in [0.5, 0.6) is 0 Å². The molecule has 0 radical (unpaired) electrons. The molecule has 0 spiro atoms. The third-order valence-electron chi connectivity index (χ3n) is 4.10. The number of aliphatic imine (C=N–C) groups is 1. The predicted octanol–water partition coefficient (Wildman–Crippen LogP) is 0.545. The van der Waals surface area contributed by atoms with Gasteiger partial charge in [-0.15, -0.1) is 0 Å². The summed E-state index contributed by atoms with van der Waals surface area (Å²) in [6.07, 6.45) is 2.88. The molecule has 0 saturated carbocycles. The van der Waals surface area contributed by atoms with Crippen molar-refractivity contribution in [3.63, 3.8) is 0 Å². The highest BCUT2D eigenvalue weighted by atomic mass is 32.2. The standard InChI is InChI=1S/C14H27N3O3S/c1-3-15-13(17-11-14(2)6-4-7-20-14)16-9-12-5-8-21(18,19)10-12/h12H,3-11H2,1-2H3,(H2,15,16,17). The Balaban J connectivity index is 1.84. The van der Waals surface area contributed by atoms with E-state index in [1.54, 1.807) is 0 Å². The summed E-state index contributed by atoms with van der Waals surface area (Å²) in [6.45, 7) is 7.00. The number of ether oxygens (including phenoxy) is 1. The third-order valence-corrected chi connectivity index (χ3v) is 5.94. The van der Waals surface area contributed by atoms with Gasteiger partial charge in [0.15, 0.2) is 15.8 Å². The van der Waals surface area contributed by atoms with E-state index in [2.05, 4.69) is 22.5 Å². The van der Waals surface area contributed by atoms with Crippen LogP contribution >= 0.6 is 0 Å². The second-order valence-electron chi connectivity index (χ2n) is 6.25. The van der Waals surface area contributed by atoms with Crippen molar-refractivity contribution < 1.29 is 13.2 Å². The van der Waals surface area contributed by atoms with E-state index < -0.39 is 9.84 Å². The summed E-state index contributed by atoms with van der Waals surface area (Å²) in [7, 11) is -2.81. The van der Waals surface area contributed by atoms with Crippen LogP contribution in [0.1, 0.15) is 33.1 Å². The molecule has 0 aliphatic carbocycles. The molecule has 6 nitrogen and oxygen atoms in total. The second kappa shape index (κ2) is 6.96. The van der Waals surface area contributed by atoms with Gasteiger partial charge in [0.1, 0.15) is 0 Å². The minimum Gasteiger partial charge on any atom is -0.373 e. The van der Waals surface area contributed by atoms with Crippen molar-refractivity contribution in [1.82, 2.24) is 10.6 Å². The minimum absolute atomic E-state index is 0.154. The van der Waals surface area contributed by atoms with Gasteiger partial charge in [-0.25, -0.2) is 8.42 Å². The molecule has 2 fully saturated rings. The largest absolute Gasteiger partial charge is 0.373 e. The lowest BCUT2D eigenvalue weighted by atomic mass is 10.0. The average Bonchev–Trinajstić information content (AvgIpc) is 3.00. The summed E-state index contributed by atoms with van der Waals surface area (Å²) in [4.78, 5) is 4.58. The molecule has 0 aromatic rings. The zero-order valence-electron chi connectivity index (χ0n) is 13.0. The molecule has 2 atom stereocenters. The minimum atomic E-state index is -2.81. The van der Waals surface area contributed by atoms with Crippen molar-refractivity contribution in [1.29, 1.82) is 0 Å². The molecule has 2 unspecified atom stereocenters. The van der Waals surface area contributed by atoms with Crippen LogP contribution in [0.3, 0.4) is 0 Å². The molecule has 0 bridgehead atoms. The molecule has 2 aliphatic rings. The van der Waals surface area contributed by atoms with Gasteiger partial charge < -0.3 is 15.4 Å². The first-order chi connectivity index (χ1) is 9.92. The van der Waals surface area contributed by atoms with Gasteiger partial charge in [-0.05, 0) is 39.0 Å². The van der Waals surface area contributed by atoms with E-state index in [0.717, 1.165) is 38.4 Å². The van der Waals surface area contributed by atoms with Gasteiger partial charge >= 0.3 is 0 Å². The SMILES string of the molecule is CCNC(=NCC1(C)CCCO1)NCC1CCS(=O)(=O)C1. The normalized spacial score (nSPS) is 32.3. The smallest absolute Gasteiger partial charge is 0.191 e. The molecular weight excluding hydrogens is 290 g/mol. The molecule has 0 aromatic heterocycles. The first-order valence-electron chi connectivity index (χ1n) is 7.79. The summed E-state index contributed by atoms with van der Waals surface area (Å²) >= 11 is 0. The Morgan fingerprint density at radius 2 is 2.24 bits per heavy atom. The number of hydrogen-bond donors (Lipinski definition) is 2. The Labute approximate surface area is 127 Å². The van der Waals surface area contributed by atoms with Crippen LogP contribution in [0.4, 0.5) is 0 Å². The summed E-state index contributed by atoms with van der Waals surface area (Å²) in [5.74, 6) is 1.55. The summed E-state index contributed by atoms with van der Waals surface area (Å²) in [5.41, 5.74) is -0.154. The van der Waals surface area contributed by atoms with Gasteiger partial charge in [0, 0.05) is 19.7 Å². The van der Waals surface area contributed by atoms with Crippen LogP contribution < -0.4 is 10.6 Å². The summed E-state index contributed by atoms with van der Waals surface area (Å²) in [6, 6.07) is 0. The quantitative estimate of drug-likeness (QED) is 0.572.